The number of carbonyl (C=O) groups is 1. The van der Waals surface area contributed by atoms with E-state index in [2.05, 4.69) is 24.7 Å². The zero-order valence-corrected chi connectivity index (χ0v) is 12.1. The van der Waals surface area contributed by atoms with E-state index in [1.165, 1.54) is 0 Å². The number of hydrogen-bond donors (Lipinski definition) is 0. The van der Waals surface area contributed by atoms with Crippen LogP contribution in [0.2, 0.25) is 19.6 Å². The number of rotatable bonds is 3. The molecule has 0 saturated heterocycles. The molecule has 0 aromatic carbocycles. The Labute approximate surface area is 98.7 Å². The van der Waals surface area contributed by atoms with Gasteiger partial charge in [0.2, 0.25) is 11.8 Å². The minimum atomic E-state index is -1.75. The molecular weight excluding hydrogens is 220 g/mol. The summed E-state index contributed by atoms with van der Waals surface area (Å²) in [5.41, 5.74) is -0.519. The third-order valence-electron chi connectivity index (χ3n) is 3.24. The topological polar surface area (TPSA) is 41.9 Å². The van der Waals surface area contributed by atoms with E-state index in [1.807, 2.05) is 13.8 Å². The summed E-state index contributed by atoms with van der Waals surface area (Å²) in [4.78, 5) is 12.5. The third kappa shape index (κ3) is 1.77. The first-order chi connectivity index (χ1) is 7.33. The minimum absolute atomic E-state index is 0.119. The minimum Gasteiger partial charge on any atom is -0.482 e. The van der Waals surface area contributed by atoms with E-state index in [4.69, 9.17) is 4.74 Å². The summed E-state index contributed by atoms with van der Waals surface area (Å²) in [6.45, 7) is 10.4. The molecule has 0 saturated carbocycles. The highest BCUT2D eigenvalue weighted by molar-refractivity contribution is 6.75. The van der Waals surface area contributed by atoms with Crippen LogP contribution in [0.4, 0.5) is 0 Å². The molecule has 0 N–H and O–H groups in total. The lowest BCUT2D eigenvalue weighted by Gasteiger charge is -2.30. The van der Waals surface area contributed by atoms with Crippen molar-refractivity contribution in [2.75, 3.05) is 7.11 Å². The van der Waals surface area contributed by atoms with E-state index in [0.717, 1.165) is 12.8 Å². The van der Waals surface area contributed by atoms with Crippen LogP contribution < -0.4 is 0 Å². The maximum atomic E-state index is 12.5. The highest BCUT2D eigenvalue weighted by Crippen LogP contribution is 2.38. The van der Waals surface area contributed by atoms with Gasteiger partial charge in [-0.25, -0.2) is 0 Å². The molecule has 1 aliphatic rings. The second-order valence-corrected chi connectivity index (χ2v) is 9.95. The Morgan fingerprint density at radius 3 is 2.06 bits per heavy atom. The maximum absolute atomic E-state index is 12.5. The van der Waals surface area contributed by atoms with Gasteiger partial charge >= 0.3 is 0 Å². The number of amides is 1. The van der Waals surface area contributed by atoms with E-state index >= 15 is 0 Å². The molecule has 1 aliphatic heterocycles. The van der Waals surface area contributed by atoms with Crippen LogP contribution in [-0.4, -0.2) is 31.8 Å². The van der Waals surface area contributed by atoms with Gasteiger partial charge in [0.25, 0.3) is 0 Å². The van der Waals surface area contributed by atoms with Gasteiger partial charge in [0.05, 0.1) is 7.11 Å². The number of nitrogens with zero attached hydrogens (tertiary/aromatic N) is 2. The van der Waals surface area contributed by atoms with Gasteiger partial charge < -0.3 is 4.74 Å². The molecule has 1 heterocycles. The number of ether oxygens (including phenoxy) is 1. The molecule has 0 aromatic heterocycles. The Balaban J connectivity index is 3.18. The molecule has 0 spiro atoms. The largest absolute Gasteiger partial charge is 0.482 e. The average Bonchev–Trinajstić information content (AvgIpc) is 2.51. The van der Waals surface area contributed by atoms with Crippen LogP contribution in [0.25, 0.3) is 0 Å². The van der Waals surface area contributed by atoms with E-state index in [-0.39, 0.29) is 5.91 Å². The molecule has 0 fully saturated rings. The van der Waals surface area contributed by atoms with Crippen LogP contribution in [-0.2, 0) is 9.53 Å². The molecule has 0 atom stereocenters. The van der Waals surface area contributed by atoms with E-state index < -0.39 is 13.7 Å². The Morgan fingerprint density at radius 1 is 1.31 bits per heavy atom. The average molecular weight is 242 g/mol. The number of hydrazone groups is 1. The van der Waals surface area contributed by atoms with Gasteiger partial charge in [0.1, 0.15) is 5.41 Å². The molecular formula is C11H22N2O2Si. The smallest absolute Gasteiger partial charge is 0.250 e. The molecule has 5 heteroatoms. The van der Waals surface area contributed by atoms with Crippen molar-refractivity contribution < 1.29 is 9.53 Å². The molecule has 1 amide bonds. The van der Waals surface area contributed by atoms with Crippen molar-refractivity contribution in [3.8, 4) is 0 Å². The molecule has 92 valence electrons. The Morgan fingerprint density at radius 2 is 1.81 bits per heavy atom. The predicted molar refractivity (Wildman–Crippen MR) is 67.7 cm³/mol. The van der Waals surface area contributed by atoms with Crippen LogP contribution in [0.3, 0.4) is 0 Å². The Kier molecular flexibility index (Phi) is 3.47. The highest BCUT2D eigenvalue weighted by Gasteiger charge is 2.52. The number of carbonyl (C=O) groups excluding carboxylic acids is 1. The van der Waals surface area contributed by atoms with Gasteiger partial charge in [-0.15, -0.1) is 5.10 Å². The second-order valence-electron chi connectivity index (χ2n) is 5.19. The quantitative estimate of drug-likeness (QED) is 0.713. The highest BCUT2D eigenvalue weighted by atomic mass is 28.3. The van der Waals surface area contributed by atoms with Crippen molar-refractivity contribution in [2.45, 2.75) is 46.3 Å². The summed E-state index contributed by atoms with van der Waals surface area (Å²) >= 11 is 0. The summed E-state index contributed by atoms with van der Waals surface area (Å²) in [7, 11) is -0.153. The predicted octanol–water partition coefficient (Wildman–Crippen LogP) is 2.43. The SMILES string of the molecule is CCC1(CC)C(=O)N([Si](C)(C)C)N=C1OC. The monoisotopic (exact) mass is 242 g/mol. The van der Waals surface area contributed by atoms with Gasteiger partial charge in [-0.2, -0.15) is 0 Å². The van der Waals surface area contributed by atoms with Gasteiger partial charge in [0.15, 0.2) is 8.24 Å². The van der Waals surface area contributed by atoms with Crippen molar-refractivity contribution in [3.63, 3.8) is 0 Å². The van der Waals surface area contributed by atoms with Gasteiger partial charge in [-0.05, 0) is 32.5 Å². The fourth-order valence-electron chi connectivity index (χ4n) is 2.07. The maximum Gasteiger partial charge on any atom is 0.250 e. The van der Waals surface area contributed by atoms with Gasteiger partial charge in [-0.3, -0.25) is 9.47 Å². The summed E-state index contributed by atoms with van der Waals surface area (Å²) in [5, 5.41) is 4.39. The molecule has 16 heavy (non-hydrogen) atoms. The van der Waals surface area contributed by atoms with Gasteiger partial charge in [0, 0.05) is 0 Å². The summed E-state index contributed by atoms with van der Waals surface area (Å²) < 4.78 is 7.01. The standard InChI is InChI=1S/C11H22N2O2Si/c1-7-11(8-2)9(15-3)12-13(10(11)14)16(4,5)6/h7-8H2,1-6H3. The molecule has 1 rings (SSSR count). The van der Waals surface area contributed by atoms with Crippen molar-refractivity contribution in [2.24, 2.45) is 10.5 Å². The molecule has 4 nitrogen and oxygen atoms in total. The zero-order valence-electron chi connectivity index (χ0n) is 11.1. The summed E-state index contributed by atoms with van der Waals surface area (Å²) in [6, 6.07) is 0. The molecule has 0 aliphatic carbocycles. The first kappa shape index (κ1) is 13.2. The second kappa shape index (κ2) is 4.20. The van der Waals surface area contributed by atoms with Crippen molar-refractivity contribution in [1.82, 2.24) is 4.67 Å². The van der Waals surface area contributed by atoms with Crippen molar-refractivity contribution in [1.29, 1.82) is 0 Å². The first-order valence-electron chi connectivity index (χ1n) is 5.81. The number of methoxy groups -OCH3 is 1. The first-order valence-corrected chi connectivity index (χ1v) is 9.26. The van der Waals surface area contributed by atoms with E-state index in [9.17, 15) is 4.79 Å². The van der Waals surface area contributed by atoms with Crippen LogP contribution in [0.15, 0.2) is 5.10 Å². The summed E-state index contributed by atoms with van der Waals surface area (Å²) in [5.74, 6) is 0.707. The lowest BCUT2D eigenvalue weighted by Crippen LogP contribution is -2.49. The van der Waals surface area contributed by atoms with Gasteiger partial charge in [-0.1, -0.05) is 13.8 Å². The fourth-order valence-corrected chi connectivity index (χ4v) is 3.29. The third-order valence-corrected chi connectivity index (χ3v) is 4.81. The van der Waals surface area contributed by atoms with E-state index in [0.29, 0.717) is 5.90 Å². The summed E-state index contributed by atoms with van der Waals surface area (Å²) in [6.07, 6.45) is 1.49. The Hall–Kier alpha value is -0.843. The molecule has 0 aromatic rings. The molecule has 0 bridgehead atoms. The fraction of sp³-hybridized carbons (Fsp3) is 0.818. The lowest BCUT2D eigenvalue weighted by atomic mass is 9.82. The van der Waals surface area contributed by atoms with Crippen LogP contribution in [0.1, 0.15) is 26.7 Å². The lowest BCUT2D eigenvalue weighted by molar-refractivity contribution is -0.132. The molecule has 0 unspecified atom stereocenters. The van der Waals surface area contributed by atoms with Crippen molar-refractivity contribution >= 4 is 20.0 Å². The normalized spacial score (nSPS) is 20.0. The van der Waals surface area contributed by atoms with E-state index in [1.54, 1.807) is 11.8 Å². The number of hydrogen-bond acceptors (Lipinski definition) is 3. The van der Waals surface area contributed by atoms with Crippen LogP contribution in [0.5, 0.6) is 0 Å². The molecule has 0 radical (unpaired) electrons. The van der Waals surface area contributed by atoms with Crippen molar-refractivity contribution in [3.05, 3.63) is 0 Å². The zero-order chi connectivity index (χ0) is 12.6. The Bertz CT molecular complexity index is 316. The van der Waals surface area contributed by atoms with Crippen LogP contribution in [0, 0.1) is 5.41 Å². The van der Waals surface area contributed by atoms with Crippen LogP contribution >= 0.6 is 0 Å².